The van der Waals surface area contributed by atoms with E-state index < -0.39 is 0 Å². The van der Waals surface area contributed by atoms with Crippen molar-refractivity contribution in [3.8, 4) is 5.75 Å². The third-order valence-corrected chi connectivity index (χ3v) is 1.97. The van der Waals surface area contributed by atoms with Crippen LogP contribution in [0.15, 0.2) is 34.9 Å². The number of nitrogens with one attached hydrogen (secondary N) is 1. The maximum atomic E-state index is 11.6. The lowest BCUT2D eigenvalue weighted by molar-refractivity contribution is 0.102. The zero-order chi connectivity index (χ0) is 11.5. The Morgan fingerprint density at radius 1 is 1.38 bits per heavy atom. The Kier molecular flexibility index (Phi) is 2.59. The van der Waals surface area contributed by atoms with Gasteiger partial charge >= 0.3 is 6.01 Å². The number of phenolic OH excluding ortho intramolecular Hbond substituents is 1. The van der Waals surface area contributed by atoms with Crippen LogP contribution < -0.4 is 5.32 Å². The quantitative estimate of drug-likeness (QED) is 0.807. The molecule has 16 heavy (non-hydrogen) atoms. The van der Waals surface area contributed by atoms with E-state index >= 15 is 0 Å². The summed E-state index contributed by atoms with van der Waals surface area (Å²) < 4.78 is 4.99. The molecular weight excluding hydrogens is 208 g/mol. The fraction of sp³-hybridized carbons (Fsp3) is 0.0909. The van der Waals surface area contributed by atoms with E-state index in [0.29, 0.717) is 11.3 Å². The van der Waals surface area contributed by atoms with E-state index in [4.69, 9.17) is 9.52 Å². The summed E-state index contributed by atoms with van der Waals surface area (Å²) in [6, 6.07) is 6.07. The summed E-state index contributed by atoms with van der Waals surface area (Å²) in [4.78, 5) is 15.6. The Morgan fingerprint density at radius 2 is 2.06 bits per heavy atom. The molecule has 0 saturated carbocycles. The lowest BCUT2D eigenvalue weighted by atomic mass is 10.2. The Balaban J connectivity index is 2.11. The highest BCUT2D eigenvalue weighted by atomic mass is 16.4. The maximum absolute atomic E-state index is 11.6. The standard InChI is InChI=1S/C11H10N2O3/c1-7-6-16-11(12-7)13-10(15)8-2-4-9(14)5-3-8/h2-6,14H,1H3,(H,12,13,15). The van der Waals surface area contributed by atoms with Gasteiger partial charge in [-0.25, -0.2) is 0 Å². The second-order valence-corrected chi connectivity index (χ2v) is 3.30. The van der Waals surface area contributed by atoms with Gasteiger partial charge < -0.3 is 9.52 Å². The first-order chi connectivity index (χ1) is 7.65. The summed E-state index contributed by atoms with van der Waals surface area (Å²) in [5, 5.41) is 11.6. The first-order valence-electron chi connectivity index (χ1n) is 4.67. The molecule has 5 heteroatoms. The van der Waals surface area contributed by atoms with Crippen molar-refractivity contribution < 1.29 is 14.3 Å². The van der Waals surface area contributed by atoms with E-state index in [1.54, 1.807) is 6.92 Å². The average molecular weight is 218 g/mol. The number of rotatable bonds is 2. The molecule has 0 fully saturated rings. The van der Waals surface area contributed by atoms with Crippen LogP contribution >= 0.6 is 0 Å². The van der Waals surface area contributed by atoms with Gasteiger partial charge in [0, 0.05) is 5.56 Å². The van der Waals surface area contributed by atoms with Crippen molar-refractivity contribution in [3.63, 3.8) is 0 Å². The topological polar surface area (TPSA) is 75.4 Å². The number of anilines is 1. The molecule has 0 radical (unpaired) electrons. The number of oxazole rings is 1. The van der Waals surface area contributed by atoms with Crippen LogP contribution in [0.2, 0.25) is 0 Å². The number of hydrogen-bond donors (Lipinski definition) is 2. The van der Waals surface area contributed by atoms with Gasteiger partial charge in [0.1, 0.15) is 12.0 Å². The van der Waals surface area contributed by atoms with Gasteiger partial charge in [-0.15, -0.1) is 0 Å². The van der Waals surface area contributed by atoms with Crippen LogP contribution in [0.5, 0.6) is 5.75 Å². The minimum absolute atomic E-state index is 0.114. The second kappa shape index (κ2) is 4.06. The summed E-state index contributed by atoms with van der Waals surface area (Å²) in [6.45, 7) is 1.76. The predicted octanol–water partition coefficient (Wildman–Crippen LogP) is 1.94. The van der Waals surface area contributed by atoms with Gasteiger partial charge in [0.15, 0.2) is 0 Å². The molecule has 0 bridgehead atoms. The highest BCUT2D eigenvalue weighted by Gasteiger charge is 2.08. The van der Waals surface area contributed by atoms with Gasteiger partial charge in [-0.1, -0.05) is 0 Å². The number of aryl methyl sites for hydroxylation is 1. The number of amides is 1. The minimum atomic E-state index is -0.332. The van der Waals surface area contributed by atoms with Gasteiger partial charge in [0.25, 0.3) is 5.91 Å². The number of aromatic hydroxyl groups is 1. The molecule has 0 aliphatic heterocycles. The zero-order valence-corrected chi connectivity index (χ0v) is 8.60. The molecule has 2 rings (SSSR count). The molecule has 2 N–H and O–H groups in total. The van der Waals surface area contributed by atoms with E-state index in [1.807, 2.05) is 0 Å². The van der Waals surface area contributed by atoms with Crippen molar-refractivity contribution in [2.45, 2.75) is 6.92 Å². The van der Waals surface area contributed by atoms with E-state index in [-0.39, 0.29) is 17.7 Å². The highest BCUT2D eigenvalue weighted by molar-refractivity contribution is 6.03. The Hall–Kier alpha value is -2.30. The molecule has 5 nitrogen and oxygen atoms in total. The smallest absolute Gasteiger partial charge is 0.301 e. The molecule has 0 aliphatic rings. The van der Waals surface area contributed by atoms with Crippen molar-refractivity contribution in [1.29, 1.82) is 0 Å². The molecular formula is C11H10N2O3. The number of carbonyl (C=O) groups excluding carboxylic acids is 1. The van der Waals surface area contributed by atoms with Crippen LogP contribution in [0, 0.1) is 6.92 Å². The lowest BCUT2D eigenvalue weighted by Gasteiger charge is -2.00. The number of benzene rings is 1. The van der Waals surface area contributed by atoms with E-state index in [1.165, 1.54) is 30.5 Å². The molecule has 0 unspecified atom stereocenters. The van der Waals surface area contributed by atoms with Crippen molar-refractivity contribution in [3.05, 3.63) is 41.8 Å². The van der Waals surface area contributed by atoms with E-state index in [9.17, 15) is 4.79 Å². The van der Waals surface area contributed by atoms with Crippen LogP contribution in [0.3, 0.4) is 0 Å². The summed E-state index contributed by atoms with van der Waals surface area (Å²) in [5.74, 6) is -0.217. The largest absolute Gasteiger partial charge is 0.508 e. The fourth-order valence-corrected chi connectivity index (χ4v) is 1.19. The zero-order valence-electron chi connectivity index (χ0n) is 8.60. The SMILES string of the molecule is Cc1coc(NC(=O)c2ccc(O)cc2)n1. The first-order valence-corrected chi connectivity index (χ1v) is 4.67. The van der Waals surface area contributed by atoms with Gasteiger partial charge in [0.2, 0.25) is 0 Å². The van der Waals surface area contributed by atoms with Gasteiger partial charge in [-0.2, -0.15) is 4.98 Å². The van der Waals surface area contributed by atoms with Crippen molar-refractivity contribution in [2.75, 3.05) is 5.32 Å². The van der Waals surface area contributed by atoms with Gasteiger partial charge in [-0.3, -0.25) is 10.1 Å². The molecule has 0 atom stereocenters. The van der Waals surface area contributed by atoms with Gasteiger partial charge in [0.05, 0.1) is 5.69 Å². The van der Waals surface area contributed by atoms with E-state index in [0.717, 1.165) is 0 Å². The van der Waals surface area contributed by atoms with Crippen LogP contribution in [-0.4, -0.2) is 16.0 Å². The molecule has 1 amide bonds. The lowest BCUT2D eigenvalue weighted by Crippen LogP contribution is -2.11. The van der Waals surface area contributed by atoms with Crippen molar-refractivity contribution in [1.82, 2.24) is 4.98 Å². The second-order valence-electron chi connectivity index (χ2n) is 3.30. The Morgan fingerprint density at radius 3 is 2.62 bits per heavy atom. The summed E-state index contributed by atoms with van der Waals surface area (Å²) in [5.41, 5.74) is 1.12. The molecule has 2 aromatic rings. The monoisotopic (exact) mass is 218 g/mol. The van der Waals surface area contributed by atoms with Crippen LogP contribution in [0.1, 0.15) is 16.1 Å². The third-order valence-electron chi connectivity index (χ3n) is 1.97. The average Bonchev–Trinajstić information content (AvgIpc) is 2.65. The fourth-order valence-electron chi connectivity index (χ4n) is 1.19. The van der Waals surface area contributed by atoms with Crippen LogP contribution in [0.25, 0.3) is 0 Å². The van der Waals surface area contributed by atoms with Crippen LogP contribution in [-0.2, 0) is 0 Å². The third kappa shape index (κ3) is 2.20. The normalized spacial score (nSPS) is 10.1. The van der Waals surface area contributed by atoms with Crippen LogP contribution in [0.4, 0.5) is 6.01 Å². The Labute approximate surface area is 91.7 Å². The number of aromatic nitrogens is 1. The van der Waals surface area contributed by atoms with Crippen molar-refractivity contribution >= 4 is 11.9 Å². The molecule has 1 aromatic heterocycles. The predicted molar refractivity (Wildman–Crippen MR) is 57.3 cm³/mol. The summed E-state index contributed by atoms with van der Waals surface area (Å²) >= 11 is 0. The molecule has 0 saturated heterocycles. The number of phenols is 1. The van der Waals surface area contributed by atoms with Crippen molar-refractivity contribution in [2.24, 2.45) is 0 Å². The molecule has 1 heterocycles. The first kappa shape index (κ1) is 10.2. The molecule has 1 aromatic carbocycles. The number of hydrogen-bond acceptors (Lipinski definition) is 4. The summed E-state index contributed by atoms with van der Waals surface area (Å²) in [7, 11) is 0. The maximum Gasteiger partial charge on any atom is 0.301 e. The minimum Gasteiger partial charge on any atom is -0.508 e. The number of carbonyl (C=O) groups is 1. The molecule has 82 valence electrons. The van der Waals surface area contributed by atoms with Gasteiger partial charge in [-0.05, 0) is 31.2 Å². The highest BCUT2D eigenvalue weighted by Crippen LogP contribution is 2.12. The van der Waals surface area contributed by atoms with E-state index in [2.05, 4.69) is 10.3 Å². The molecule has 0 aliphatic carbocycles. The summed E-state index contributed by atoms with van der Waals surface area (Å²) in [6.07, 6.45) is 1.45. The number of nitrogens with zero attached hydrogens (tertiary/aromatic N) is 1. The Bertz CT molecular complexity index is 502. The molecule has 0 spiro atoms.